The van der Waals surface area contributed by atoms with Crippen molar-refractivity contribution in [2.75, 3.05) is 0 Å². The molecule has 0 spiro atoms. The minimum absolute atomic E-state index is 0.0460. The molecular weight excluding hydrogens is 343 g/mol. The van der Waals surface area contributed by atoms with E-state index in [1.165, 1.54) is 18.2 Å². The number of benzene rings is 1. The molecule has 6 nitrogen and oxygen atoms in total. The molecule has 2 N–H and O–H groups in total. The van der Waals surface area contributed by atoms with Crippen molar-refractivity contribution in [2.45, 2.75) is 12.8 Å². The zero-order valence-corrected chi connectivity index (χ0v) is 10.7. The molecule has 0 bridgehead atoms. The Morgan fingerprint density at radius 1 is 1.06 bits per heavy atom. The molecule has 0 fully saturated rings. The van der Waals surface area contributed by atoms with Gasteiger partial charge in [-0.25, -0.2) is 6.14 Å². The first-order valence-electron chi connectivity index (χ1n) is 4.51. The first kappa shape index (κ1) is 13.6. The Kier molecular flexibility index (Phi) is 4.55. The monoisotopic (exact) mass is 352 g/mol. The highest BCUT2D eigenvalue weighted by Crippen LogP contribution is 2.25. The third kappa shape index (κ3) is 3.77. The normalized spacial score (nSPS) is 10.4. The van der Waals surface area contributed by atoms with E-state index in [2.05, 4.69) is 0 Å². The van der Waals surface area contributed by atoms with Gasteiger partial charge in [0.1, 0.15) is 0 Å². The second-order valence-electron chi connectivity index (χ2n) is 3.24. The Hall–Kier alpha value is -1.51. The third-order valence-electron chi connectivity index (χ3n) is 2.05. The largest absolute Gasteiger partial charge is 0.481 e. The van der Waals surface area contributed by atoms with Crippen LogP contribution < -0.4 is 0 Å². The van der Waals surface area contributed by atoms with Gasteiger partial charge in [-0.3, -0.25) is 9.59 Å². The SMILES string of the molecule is O=C(O)Cc1cccc(I(=O)=O)c1CC(=O)O. The maximum atomic E-state index is 11.0. The topological polar surface area (TPSA) is 109 Å². The maximum absolute atomic E-state index is 11.0. The van der Waals surface area contributed by atoms with Crippen molar-refractivity contribution in [1.82, 2.24) is 0 Å². The number of hydrogen-bond donors (Lipinski definition) is 2. The van der Waals surface area contributed by atoms with Gasteiger partial charge in [-0.15, -0.1) is 0 Å². The van der Waals surface area contributed by atoms with Gasteiger partial charge in [0.05, 0.1) is 16.4 Å². The van der Waals surface area contributed by atoms with Crippen molar-refractivity contribution >= 4 is 31.7 Å². The number of carboxylic acid groups (broad SMARTS) is 2. The second kappa shape index (κ2) is 5.71. The Morgan fingerprint density at radius 2 is 1.65 bits per heavy atom. The van der Waals surface area contributed by atoms with Gasteiger partial charge in [-0.1, -0.05) is 12.1 Å². The molecule has 0 amide bonds. The summed E-state index contributed by atoms with van der Waals surface area (Å²) in [6.07, 6.45) is -0.877. The Morgan fingerprint density at radius 3 is 2.12 bits per heavy atom. The molecule has 0 atom stereocenters. The first-order valence-corrected chi connectivity index (χ1v) is 7.35. The van der Waals surface area contributed by atoms with E-state index >= 15 is 0 Å². The molecule has 0 unspecified atom stereocenters. The first-order chi connectivity index (χ1) is 7.91. The highest BCUT2D eigenvalue weighted by molar-refractivity contribution is 14.2. The average molecular weight is 352 g/mol. The van der Waals surface area contributed by atoms with Gasteiger partial charge in [0.25, 0.3) is 0 Å². The molecule has 0 saturated heterocycles. The number of hydrogen-bond acceptors (Lipinski definition) is 4. The lowest BCUT2D eigenvalue weighted by Gasteiger charge is -2.07. The van der Waals surface area contributed by atoms with Crippen LogP contribution in [0.5, 0.6) is 0 Å². The van der Waals surface area contributed by atoms with E-state index in [1.807, 2.05) is 0 Å². The van der Waals surface area contributed by atoms with E-state index in [0.29, 0.717) is 0 Å². The zero-order valence-electron chi connectivity index (χ0n) is 8.55. The van der Waals surface area contributed by atoms with Crippen molar-refractivity contribution in [1.29, 1.82) is 0 Å². The molecule has 92 valence electrons. The van der Waals surface area contributed by atoms with Crippen molar-refractivity contribution in [2.24, 2.45) is 0 Å². The second-order valence-corrected chi connectivity index (χ2v) is 5.64. The molecule has 0 aromatic heterocycles. The minimum atomic E-state index is -3.83. The van der Waals surface area contributed by atoms with Crippen LogP contribution in [-0.2, 0) is 28.6 Å². The molecule has 0 radical (unpaired) electrons. The lowest BCUT2D eigenvalue weighted by Crippen LogP contribution is -2.09. The van der Waals surface area contributed by atoms with Crippen LogP contribution in [0.4, 0.5) is 0 Å². The van der Waals surface area contributed by atoms with E-state index < -0.39 is 38.2 Å². The molecular formula is C10H9IO6. The smallest absolute Gasteiger partial charge is 0.341 e. The summed E-state index contributed by atoms with van der Waals surface area (Å²) < 4.78 is 22.0. The van der Waals surface area contributed by atoms with Crippen LogP contribution in [0, 0.1) is 3.57 Å². The fraction of sp³-hybridized carbons (Fsp3) is 0.200. The highest BCUT2D eigenvalue weighted by Gasteiger charge is 2.16. The summed E-state index contributed by atoms with van der Waals surface area (Å²) >= 11 is -3.83. The predicted octanol–water partition coefficient (Wildman–Crippen LogP) is 1.31. The van der Waals surface area contributed by atoms with Gasteiger partial charge >= 0.3 is 31.7 Å². The number of carbonyl (C=O) groups is 2. The van der Waals surface area contributed by atoms with E-state index in [9.17, 15) is 15.7 Å². The summed E-state index contributed by atoms with van der Waals surface area (Å²) in [6, 6.07) is 4.14. The number of rotatable bonds is 5. The molecule has 0 aliphatic rings. The van der Waals surface area contributed by atoms with Crippen molar-refractivity contribution in [3.8, 4) is 0 Å². The molecule has 1 aromatic rings. The lowest BCUT2D eigenvalue weighted by molar-refractivity contribution is -0.137. The van der Waals surface area contributed by atoms with Crippen molar-refractivity contribution in [3.63, 3.8) is 0 Å². The Bertz CT molecular complexity index is 524. The predicted molar refractivity (Wildman–Crippen MR) is 63.2 cm³/mol. The van der Waals surface area contributed by atoms with Crippen molar-refractivity contribution in [3.05, 3.63) is 32.9 Å². The number of carboxylic acids is 2. The average Bonchev–Trinajstić information content (AvgIpc) is 2.18. The van der Waals surface area contributed by atoms with Gasteiger partial charge in [-0.05, 0) is 17.2 Å². The molecule has 1 rings (SSSR count). The van der Waals surface area contributed by atoms with E-state index in [0.717, 1.165) is 0 Å². The summed E-state index contributed by atoms with van der Waals surface area (Å²) in [5, 5.41) is 17.4. The van der Waals surface area contributed by atoms with Crippen LogP contribution >= 0.6 is 19.8 Å². The van der Waals surface area contributed by atoms with Crippen LogP contribution in [0.25, 0.3) is 0 Å². The van der Waals surface area contributed by atoms with Crippen LogP contribution in [-0.4, -0.2) is 22.2 Å². The van der Waals surface area contributed by atoms with Gasteiger partial charge in [0.2, 0.25) is 0 Å². The fourth-order valence-corrected chi connectivity index (χ4v) is 3.00. The van der Waals surface area contributed by atoms with E-state index in [-0.39, 0.29) is 21.1 Å². The Labute approximate surface area is 103 Å². The molecule has 0 heterocycles. The van der Waals surface area contributed by atoms with Gasteiger partial charge in [-0.2, -0.15) is 0 Å². The maximum Gasteiger partial charge on any atom is 0.341 e. The standard InChI is InChI=1S/C10H9IO6/c12-9(13)4-6-2-1-3-8(11(16)17)7(6)5-10(14)15/h1-3H,4-5H2,(H,12,13)(H,14,15). The molecule has 0 aliphatic heterocycles. The summed E-state index contributed by atoms with van der Waals surface area (Å²) in [4.78, 5) is 21.2. The van der Waals surface area contributed by atoms with Crippen LogP contribution in [0.2, 0.25) is 0 Å². The molecule has 0 aliphatic carbocycles. The number of halogens is 1. The summed E-state index contributed by atoms with van der Waals surface area (Å²) in [7, 11) is 0. The van der Waals surface area contributed by atoms with Crippen LogP contribution in [0.15, 0.2) is 18.2 Å². The van der Waals surface area contributed by atoms with Crippen LogP contribution in [0.3, 0.4) is 0 Å². The third-order valence-corrected chi connectivity index (χ3v) is 4.01. The molecule has 17 heavy (non-hydrogen) atoms. The van der Waals surface area contributed by atoms with Crippen LogP contribution in [0.1, 0.15) is 11.1 Å². The quantitative estimate of drug-likeness (QED) is 0.774. The molecule has 0 saturated carbocycles. The van der Waals surface area contributed by atoms with Gasteiger partial charge in [0, 0.05) is 0 Å². The Balaban J connectivity index is 3.33. The summed E-state index contributed by atoms with van der Waals surface area (Å²) in [5.74, 6) is -2.33. The van der Waals surface area contributed by atoms with Gasteiger partial charge in [0.15, 0.2) is 0 Å². The summed E-state index contributed by atoms with van der Waals surface area (Å²) in [6.45, 7) is 0. The zero-order chi connectivity index (χ0) is 13.0. The highest BCUT2D eigenvalue weighted by atomic mass is 127. The summed E-state index contributed by atoms with van der Waals surface area (Å²) in [5.41, 5.74) is 0.309. The van der Waals surface area contributed by atoms with E-state index in [4.69, 9.17) is 10.2 Å². The van der Waals surface area contributed by atoms with Gasteiger partial charge < -0.3 is 10.2 Å². The van der Waals surface area contributed by atoms with Crippen molar-refractivity contribution < 1.29 is 25.9 Å². The molecule has 1 aromatic carbocycles. The fourth-order valence-electron chi connectivity index (χ4n) is 1.43. The minimum Gasteiger partial charge on any atom is -0.481 e. The molecule has 7 heteroatoms. The van der Waals surface area contributed by atoms with E-state index in [1.54, 1.807) is 0 Å². The lowest BCUT2D eigenvalue weighted by atomic mass is 10.0. The number of aliphatic carboxylic acids is 2.